The van der Waals surface area contributed by atoms with E-state index in [1.54, 1.807) is 6.20 Å². The predicted octanol–water partition coefficient (Wildman–Crippen LogP) is 1.09. The van der Waals surface area contributed by atoms with Gasteiger partial charge in [-0.3, -0.25) is 4.79 Å². The molecule has 0 radical (unpaired) electrons. The number of ether oxygens (including phenoxy) is 1. The number of hydrogen-bond acceptors (Lipinski definition) is 4. The Morgan fingerprint density at radius 3 is 3.12 bits per heavy atom. The summed E-state index contributed by atoms with van der Waals surface area (Å²) in [5, 5.41) is 7.01. The zero-order chi connectivity index (χ0) is 12.7. The molecule has 0 unspecified atom stereocenters. The molecule has 0 saturated carbocycles. The maximum atomic E-state index is 11.8. The molecule has 0 aliphatic rings. The lowest BCUT2D eigenvalue weighted by atomic mass is 10.4. The number of halogens is 1. The molecule has 0 amide bonds. The highest BCUT2D eigenvalue weighted by Gasteiger charge is 2.07. The van der Waals surface area contributed by atoms with Crippen molar-refractivity contribution in [2.45, 2.75) is 13.5 Å². The SMILES string of the molecule is C#CCn1ncc(NCCOCC)c(Br)c1=O. The van der Waals surface area contributed by atoms with Crippen LogP contribution in [0, 0.1) is 12.3 Å². The second-order valence-corrected chi connectivity index (χ2v) is 3.96. The van der Waals surface area contributed by atoms with Crippen LogP contribution >= 0.6 is 15.9 Å². The Labute approximate surface area is 108 Å². The van der Waals surface area contributed by atoms with E-state index < -0.39 is 0 Å². The Morgan fingerprint density at radius 2 is 2.47 bits per heavy atom. The molecule has 0 aliphatic heterocycles. The first kappa shape index (κ1) is 13.7. The van der Waals surface area contributed by atoms with Gasteiger partial charge in [0.25, 0.3) is 5.56 Å². The lowest BCUT2D eigenvalue weighted by molar-refractivity contribution is 0.158. The summed E-state index contributed by atoms with van der Waals surface area (Å²) in [5.74, 6) is 2.37. The molecule has 0 aliphatic carbocycles. The first-order valence-electron chi connectivity index (χ1n) is 5.21. The van der Waals surface area contributed by atoms with E-state index in [1.165, 1.54) is 4.68 Å². The molecule has 6 heteroatoms. The average Bonchev–Trinajstić information content (AvgIpc) is 2.33. The van der Waals surface area contributed by atoms with Gasteiger partial charge in [0.05, 0.1) is 18.5 Å². The molecule has 0 spiro atoms. The van der Waals surface area contributed by atoms with E-state index in [2.05, 4.69) is 32.3 Å². The Kier molecular flexibility index (Phi) is 5.73. The largest absolute Gasteiger partial charge is 0.380 e. The molecule has 1 N–H and O–H groups in total. The summed E-state index contributed by atoms with van der Waals surface area (Å²) in [4.78, 5) is 11.8. The molecule has 92 valence electrons. The zero-order valence-electron chi connectivity index (χ0n) is 9.57. The highest BCUT2D eigenvalue weighted by molar-refractivity contribution is 9.10. The first-order chi connectivity index (χ1) is 8.20. The van der Waals surface area contributed by atoms with Gasteiger partial charge in [0.15, 0.2) is 0 Å². The van der Waals surface area contributed by atoms with E-state index >= 15 is 0 Å². The maximum Gasteiger partial charge on any atom is 0.284 e. The van der Waals surface area contributed by atoms with Gasteiger partial charge in [-0.15, -0.1) is 6.42 Å². The van der Waals surface area contributed by atoms with Crippen molar-refractivity contribution in [2.24, 2.45) is 0 Å². The van der Waals surface area contributed by atoms with Gasteiger partial charge < -0.3 is 10.1 Å². The molecule has 0 fully saturated rings. The van der Waals surface area contributed by atoms with Crippen LogP contribution in [-0.4, -0.2) is 29.5 Å². The normalized spacial score (nSPS) is 9.94. The van der Waals surface area contributed by atoms with E-state index in [1.807, 2.05) is 6.92 Å². The fraction of sp³-hybridized carbons (Fsp3) is 0.455. The minimum atomic E-state index is -0.246. The molecule has 1 rings (SSSR count). The van der Waals surface area contributed by atoms with Crippen molar-refractivity contribution in [3.63, 3.8) is 0 Å². The summed E-state index contributed by atoms with van der Waals surface area (Å²) in [6, 6.07) is 0. The molecule has 1 aromatic rings. The molecular formula is C11H14BrN3O2. The van der Waals surface area contributed by atoms with Gasteiger partial charge in [0, 0.05) is 13.2 Å². The summed E-state index contributed by atoms with van der Waals surface area (Å²) < 4.78 is 6.83. The van der Waals surface area contributed by atoms with Gasteiger partial charge >= 0.3 is 0 Å². The van der Waals surface area contributed by atoms with E-state index in [9.17, 15) is 4.79 Å². The number of terminal acetylenes is 1. The number of rotatable bonds is 6. The van der Waals surface area contributed by atoms with Crippen molar-refractivity contribution in [3.05, 3.63) is 21.0 Å². The third-order valence-corrected chi connectivity index (χ3v) is 2.76. The second-order valence-electron chi connectivity index (χ2n) is 3.16. The highest BCUT2D eigenvalue weighted by atomic mass is 79.9. The van der Waals surface area contributed by atoms with Gasteiger partial charge in [0.2, 0.25) is 0 Å². The Morgan fingerprint density at radius 1 is 1.71 bits per heavy atom. The Balaban J connectivity index is 2.72. The maximum absolute atomic E-state index is 11.8. The van der Waals surface area contributed by atoms with Gasteiger partial charge in [-0.25, -0.2) is 4.68 Å². The predicted molar refractivity (Wildman–Crippen MR) is 70.0 cm³/mol. The van der Waals surface area contributed by atoms with Crippen LogP contribution in [0.4, 0.5) is 5.69 Å². The molecule has 1 heterocycles. The van der Waals surface area contributed by atoms with Crippen LogP contribution < -0.4 is 10.9 Å². The van der Waals surface area contributed by atoms with Crippen molar-refractivity contribution in [1.82, 2.24) is 9.78 Å². The summed E-state index contributed by atoms with van der Waals surface area (Å²) in [6.07, 6.45) is 6.70. The number of anilines is 1. The minimum Gasteiger partial charge on any atom is -0.380 e. The molecule has 0 saturated heterocycles. The average molecular weight is 300 g/mol. The van der Waals surface area contributed by atoms with Gasteiger partial charge in [-0.05, 0) is 22.9 Å². The summed E-state index contributed by atoms with van der Waals surface area (Å²) in [7, 11) is 0. The number of nitrogens with one attached hydrogen (secondary N) is 1. The van der Waals surface area contributed by atoms with Crippen LogP contribution in [-0.2, 0) is 11.3 Å². The number of hydrogen-bond donors (Lipinski definition) is 1. The van der Waals surface area contributed by atoms with Crippen LogP contribution in [0.15, 0.2) is 15.5 Å². The standard InChI is InChI=1S/C11H14BrN3O2/c1-3-6-15-11(16)10(12)9(8-14-15)13-5-7-17-4-2/h1,8,13H,4-7H2,2H3. The Bertz CT molecular complexity index is 465. The van der Waals surface area contributed by atoms with Crippen LogP contribution in [0.1, 0.15) is 6.92 Å². The fourth-order valence-corrected chi connectivity index (χ4v) is 1.64. The van der Waals surface area contributed by atoms with Crippen molar-refractivity contribution in [1.29, 1.82) is 0 Å². The molecule has 17 heavy (non-hydrogen) atoms. The summed E-state index contributed by atoms with van der Waals surface area (Å²) in [6.45, 7) is 3.96. The van der Waals surface area contributed by atoms with Gasteiger partial charge in [-0.2, -0.15) is 5.10 Å². The van der Waals surface area contributed by atoms with Crippen LogP contribution in [0.25, 0.3) is 0 Å². The van der Waals surface area contributed by atoms with Crippen LogP contribution in [0.5, 0.6) is 0 Å². The van der Waals surface area contributed by atoms with E-state index in [0.717, 1.165) is 0 Å². The molecule has 0 bridgehead atoms. The molecule has 1 aromatic heterocycles. The summed E-state index contributed by atoms with van der Waals surface area (Å²) >= 11 is 3.22. The quantitative estimate of drug-likeness (QED) is 0.631. The second kappa shape index (κ2) is 7.09. The minimum absolute atomic E-state index is 0.163. The van der Waals surface area contributed by atoms with Crippen molar-refractivity contribution >= 4 is 21.6 Å². The van der Waals surface area contributed by atoms with Crippen molar-refractivity contribution < 1.29 is 4.74 Å². The zero-order valence-corrected chi connectivity index (χ0v) is 11.2. The lowest BCUT2D eigenvalue weighted by Crippen LogP contribution is -2.24. The van der Waals surface area contributed by atoms with E-state index in [0.29, 0.717) is 29.9 Å². The van der Waals surface area contributed by atoms with E-state index in [-0.39, 0.29) is 12.1 Å². The first-order valence-corrected chi connectivity index (χ1v) is 6.00. The Hall–Kier alpha value is -1.32. The van der Waals surface area contributed by atoms with E-state index in [4.69, 9.17) is 11.2 Å². The van der Waals surface area contributed by atoms with Crippen LogP contribution in [0.3, 0.4) is 0 Å². The number of aromatic nitrogens is 2. The van der Waals surface area contributed by atoms with Crippen molar-refractivity contribution in [3.8, 4) is 12.3 Å². The van der Waals surface area contributed by atoms with Gasteiger partial charge in [-0.1, -0.05) is 5.92 Å². The van der Waals surface area contributed by atoms with Crippen molar-refractivity contribution in [2.75, 3.05) is 25.1 Å². The molecule has 0 aromatic carbocycles. The third kappa shape index (κ3) is 3.88. The lowest BCUT2D eigenvalue weighted by Gasteiger charge is -2.09. The van der Waals surface area contributed by atoms with Gasteiger partial charge in [0.1, 0.15) is 11.0 Å². The third-order valence-electron chi connectivity index (χ3n) is 1.99. The number of nitrogens with zero attached hydrogens (tertiary/aromatic N) is 2. The fourth-order valence-electron chi connectivity index (χ4n) is 1.19. The highest BCUT2D eigenvalue weighted by Crippen LogP contribution is 2.15. The van der Waals surface area contributed by atoms with Crippen LogP contribution in [0.2, 0.25) is 0 Å². The molecular weight excluding hydrogens is 286 g/mol. The summed E-state index contributed by atoms with van der Waals surface area (Å²) in [5.41, 5.74) is 0.396. The monoisotopic (exact) mass is 299 g/mol. The molecule has 0 atom stereocenters. The molecule has 5 nitrogen and oxygen atoms in total. The topological polar surface area (TPSA) is 56.1 Å². The smallest absolute Gasteiger partial charge is 0.284 e.